The number of sulfonamides is 1. The van der Waals surface area contributed by atoms with Gasteiger partial charge < -0.3 is 5.32 Å². The van der Waals surface area contributed by atoms with Gasteiger partial charge in [0.2, 0.25) is 5.91 Å². The number of hydrogen-bond donors (Lipinski definition) is 1. The largest absolute Gasteiger partial charge is 0.324 e. The number of rotatable bonds is 6. The van der Waals surface area contributed by atoms with Crippen molar-refractivity contribution in [2.45, 2.75) is 25.7 Å². The summed E-state index contributed by atoms with van der Waals surface area (Å²) in [6.45, 7) is 5.48. The fraction of sp³-hybridized carbons (Fsp3) is 0.174. The molecule has 0 fully saturated rings. The lowest BCUT2D eigenvalue weighted by molar-refractivity contribution is -0.114. The number of hydrogen-bond acceptors (Lipinski definition) is 3. The molecule has 0 atom stereocenters. The SMILES string of the molecule is Cc1ccc(N(CC(=O)Nc2ccc(C)cc2C)S(=O)(=O)c2ccccc2)cc1. The lowest BCUT2D eigenvalue weighted by Gasteiger charge is -2.24. The van der Waals surface area contributed by atoms with Crippen molar-refractivity contribution in [2.75, 3.05) is 16.2 Å². The molecule has 3 rings (SSSR count). The average Bonchev–Trinajstić information content (AvgIpc) is 2.70. The van der Waals surface area contributed by atoms with E-state index >= 15 is 0 Å². The summed E-state index contributed by atoms with van der Waals surface area (Å²) in [5.41, 5.74) is 4.13. The highest BCUT2D eigenvalue weighted by molar-refractivity contribution is 7.92. The van der Waals surface area contributed by atoms with Gasteiger partial charge in [-0.2, -0.15) is 0 Å². The van der Waals surface area contributed by atoms with Crippen LogP contribution in [0.4, 0.5) is 11.4 Å². The lowest BCUT2D eigenvalue weighted by Crippen LogP contribution is -2.38. The number of nitrogens with zero attached hydrogens (tertiary/aromatic N) is 1. The quantitative estimate of drug-likeness (QED) is 0.655. The Bertz CT molecular complexity index is 1110. The lowest BCUT2D eigenvalue weighted by atomic mass is 10.1. The Morgan fingerprint density at radius 2 is 1.48 bits per heavy atom. The van der Waals surface area contributed by atoms with E-state index in [0.29, 0.717) is 11.4 Å². The molecule has 3 aromatic carbocycles. The van der Waals surface area contributed by atoms with Crippen LogP contribution in [-0.4, -0.2) is 20.9 Å². The summed E-state index contributed by atoms with van der Waals surface area (Å²) in [5, 5.41) is 2.83. The van der Waals surface area contributed by atoms with Gasteiger partial charge in [-0.15, -0.1) is 0 Å². The standard InChI is InChI=1S/C23H24N2O3S/c1-17-9-12-20(13-10-17)25(29(27,28)21-7-5-4-6-8-21)16-23(26)24-22-14-11-18(2)15-19(22)3/h4-15H,16H2,1-3H3,(H,24,26). The van der Waals surface area contributed by atoms with Crippen LogP contribution in [0.2, 0.25) is 0 Å². The molecule has 0 heterocycles. The third-order valence-corrected chi connectivity index (χ3v) is 6.38. The van der Waals surface area contributed by atoms with Crippen LogP contribution < -0.4 is 9.62 Å². The Morgan fingerprint density at radius 3 is 2.10 bits per heavy atom. The van der Waals surface area contributed by atoms with Crippen molar-refractivity contribution in [3.05, 3.63) is 89.5 Å². The zero-order chi connectivity index (χ0) is 21.0. The summed E-state index contributed by atoms with van der Waals surface area (Å²) in [7, 11) is -3.90. The molecule has 0 aliphatic carbocycles. The Hall–Kier alpha value is -3.12. The van der Waals surface area contributed by atoms with Crippen LogP contribution in [0, 0.1) is 20.8 Å². The first-order chi connectivity index (χ1) is 13.8. The van der Waals surface area contributed by atoms with Crippen LogP contribution in [0.15, 0.2) is 77.7 Å². The summed E-state index contributed by atoms with van der Waals surface area (Å²) in [6, 6.07) is 20.9. The van der Waals surface area contributed by atoms with E-state index in [-0.39, 0.29) is 11.4 Å². The van der Waals surface area contributed by atoms with Gasteiger partial charge in [0.1, 0.15) is 6.54 Å². The van der Waals surface area contributed by atoms with Gasteiger partial charge in [-0.1, -0.05) is 53.6 Å². The normalized spacial score (nSPS) is 11.1. The molecule has 1 N–H and O–H groups in total. The van der Waals surface area contributed by atoms with E-state index in [1.165, 1.54) is 12.1 Å². The molecule has 6 heteroatoms. The molecular formula is C23H24N2O3S. The molecule has 0 radical (unpaired) electrons. The maximum absolute atomic E-state index is 13.3. The van der Waals surface area contributed by atoms with Crippen molar-refractivity contribution in [1.82, 2.24) is 0 Å². The van der Waals surface area contributed by atoms with Crippen molar-refractivity contribution < 1.29 is 13.2 Å². The number of benzene rings is 3. The highest BCUT2D eigenvalue weighted by atomic mass is 32.2. The fourth-order valence-corrected chi connectivity index (χ4v) is 4.46. The van der Waals surface area contributed by atoms with Gasteiger partial charge in [0, 0.05) is 5.69 Å². The number of amides is 1. The molecule has 0 spiro atoms. The average molecular weight is 409 g/mol. The van der Waals surface area contributed by atoms with Crippen LogP contribution in [0.5, 0.6) is 0 Å². The second kappa shape index (κ2) is 8.49. The minimum atomic E-state index is -3.90. The first kappa shape index (κ1) is 20.6. The number of carbonyl (C=O) groups is 1. The molecule has 0 saturated carbocycles. The molecule has 0 aliphatic heterocycles. The van der Waals surface area contributed by atoms with Crippen molar-refractivity contribution in [2.24, 2.45) is 0 Å². The molecule has 1 amide bonds. The van der Waals surface area contributed by atoms with E-state index < -0.39 is 15.9 Å². The third kappa shape index (κ3) is 4.84. The summed E-state index contributed by atoms with van der Waals surface area (Å²) in [6.07, 6.45) is 0. The molecular weight excluding hydrogens is 384 g/mol. The topological polar surface area (TPSA) is 66.5 Å². The van der Waals surface area contributed by atoms with Crippen LogP contribution >= 0.6 is 0 Å². The monoisotopic (exact) mass is 408 g/mol. The number of anilines is 2. The number of nitrogens with one attached hydrogen (secondary N) is 1. The van der Waals surface area contributed by atoms with E-state index in [2.05, 4.69) is 5.32 Å². The predicted molar refractivity (Wildman–Crippen MR) is 117 cm³/mol. The van der Waals surface area contributed by atoms with E-state index in [0.717, 1.165) is 21.0 Å². The molecule has 150 valence electrons. The van der Waals surface area contributed by atoms with Gasteiger partial charge in [-0.3, -0.25) is 9.10 Å². The van der Waals surface area contributed by atoms with Crippen molar-refractivity contribution in [1.29, 1.82) is 0 Å². The Morgan fingerprint density at radius 1 is 0.862 bits per heavy atom. The first-order valence-corrected chi connectivity index (χ1v) is 10.7. The molecule has 29 heavy (non-hydrogen) atoms. The minimum absolute atomic E-state index is 0.139. The number of carbonyl (C=O) groups excluding carboxylic acids is 1. The second-order valence-electron chi connectivity index (χ2n) is 7.03. The first-order valence-electron chi connectivity index (χ1n) is 9.29. The molecule has 3 aromatic rings. The second-order valence-corrected chi connectivity index (χ2v) is 8.89. The predicted octanol–water partition coefficient (Wildman–Crippen LogP) is 4.45. The summed E-state index contributed by atoms with van der Waals surface area (Å²) < 4.78 is 27.7. The maximum atomic E-state index is 13.3. The molecule has 0 saturated heterocycles. The smallest absolute Gasteiger partial charge is 0.264 e. The highest BCUT2D eigenvalue weighted by Gasteiger charge is 2.27. The van der Waals surface area contributed by atoms with Crippen LogP contribution in [-0.2, 0) is 14.8 Å². The van der Waals surface area contributed by atoms with E-state index in [4.69, 9.17) is 0 Å². The van der Waals surface area contributed by atoms with Gasteiger partial charge in [0.05, 0.1) is 10.6 Å². The van der Waals surface area contributed by atoms with Crippen LogP contribution in [0.1, 0.15) is 16.7 Å². The molecule has 5 nitrogen and oxygen atoms in total. The summed E-state index contributed by atoms with van der Waals surface area (Å²) in [4.78, 5) is 12.9. The third-order valence-electron chi connectivity index (χ3n) is 4.60. The zero-order valence-electron chi connectivity index (χ0n) is 16.7. The van der Waals surface area contributed by atoms with Crippen molar-refractivity contribution in [3.8, 4) is 0 Å². The highest BCUT2D eigenvalue weighted by Crippen LogP contribution is 2.24. The minimum Gasteiger partial charge on any atom is -0.324 e. The maximum Gasteiger partial charge on any atom is 0.264 e. The van der Waals surface area contributed by atoms with Crippen LogP contribution in [0.25, 0.3) is 0 Å². The van der Waals surface area contributed by atoms with Crippen molar-refractivity contribution >= 4 is 27.3 Å². The zero-order valence-corrected chi connectivity index (χ0v) is 17.5. The Kier molecular flexibility index (Phi) is 6.03. The van der Waals surface area contributed by atoms with E-state index in [1.807, 2.05) is 51.1 Å². The Balaban J connectivity index is 1.93. The molecule has 0 unspecified atom stereocenters. The van der Waals surface area contributed by atoms with Crippen molar-refractivity contribution in [3.63, 3.8) is 0 Å². The van der Waals surface area contributed by atoms with Gasteiger partial charge >= 0.3 is 0 Å². The molecule has 0 bridgehead atoms. The fourth-order valence-electron chi connectivity index (χ4n) is 3.02. The van der Waals surface area contributed by atoms with Gasteiger partial charge in [0.15, 0.2) is 0 Å². The Labute approximate surface area is 172 Å². The van der Waals surface area contributed by atoms with Gasteiger partial charge in [-0.25, -0.2) is 8.42 Å². The van der Waals surface area contributed by atoms with Crippen LogP contribution in [0.3, 0.4) is 0 Å². The van der Waals surface area contributed by atoms with Gasteiger partial charge in [0.25, 0.3) is 10.0 Å². The molecule has 0 aliphatic rings. The number of aryl methyl sites for hydroxylation is 3. The summed E-state index contributed by atoms with van der Waals surface area (Å²) >= 11 is 0. The van der Waals surface area contributed by atoms with Gasteiger partial charge in [-0.05, 0) is 56.7 Å². The van der Waals surface area contributed by atoms with E-state index in [1.54, 1.807) is 30.3 Å². The molecule has 0 aromatic heterocycles. The summed E-state index contributed by atoms with van der Waals surface area (Å²) in [5.74, 6) is -0.406. The van der Waals surface area contributed by atoms with E-state index in [9.17, 15) is 13.2 Å².